The van der Waals surface area contributed by atoms with Gasteiger partial charge in [0.25, 0.3) is 0 Å². The average molecular weight is 312 g/mol. The maximum Gasteiger partial charge on any atom is 0.123 e. The molecule has 23 heavy (non-hydrogen) atoms. The van der Waals surface area contributed by atoms with Gasteiger partial charge in [0.05, 0.1) is 6.04 Å². The SMILES string of the molecule is CNC1=C(C(N)c2ccc3c(c2)OC2CCCCC32)CCCC1. The van der Waals surface area contributed by atoms with Gasteiger partial charge in [-0.15, -0.1) is 0 Å². The van der Waals surface area contributed by atoms with E-state index in [0.717, 1.165) is 18.6 Å². The van der Waals surface area contributed by atoms with Crippen molar-refractivity contribution in [3.05, 3.63) is 40.6 Å². The van der Waals surface area contributed by atoms with E-state index in [4.69, 9.17) is 10.5 Å². The van der Waals surface area contributed by atoms with Crippen LogP contribution in [-0.4, -0.2) is 13.2 Å². The van der Waals surface area contributed by atoms with Gasteiger partial charge in [-0.25, -0.2) is 0 Å². The van der Waals surface area contributed by atoms with E-state index in [0.29, 0.717) is 12.0 Å². The van der Waals surface area contributed by atoms with Crippen LogP contribution in [0.3, 0.4) is 0 Å². The van der Waals surface area contributed by atoms with E-state index in [9.17, 15) is 0 Å². The fourth-order valence-electron chi connectivity index (χ4n) is 4.67. The maximum absolute atomic E-state index is 6.62. The molecule has 1 aliphatic heterocycles. The van der Waals surface area contributed by atoms with E-state index < -0.39 is 0 Å². The fourth-order valence-corrected chi connectivity index (χ4v) is 4.67. The van der Waals surface area contributed by atoms with Crippen LogP contribution in [0.2, 0.25) is 0 Å². The number of hydrogen-bond donors (Lipinski definition) is 2. The highest BCUT2D eigenvalue weighted by molar-refractivity contribution is 5.46. The van der Waals surface area contributed by atoms with Crippen LogP contribution in [0.5, 0.6) is 5.75 Å². The number of fused-ring (bicyclic) bond motifs is 3. The Morgan fingerprint density at radius 1 is 1.13 bits per heavy atom. The largest absolute Gasteiger partial charge is 0.489 e. The summed E-state index contributed by atoms with van der Waals surface area (Å²) in [5.41, 5.74) is 12.0. The Kier molecular flexibility index (Phi) is 4.06. The number of nitrogens with two attached hydrogens (primary N) is 1. The highest BCUT2D eigenvalue weighted by Crippen LogP contribution is 2.46. The number of allylic oxidation sites excluding steroid dienone is 1. The average Bonchev–Trinajstić information content (AvgIpc) is 2.98. The minimum absolute atomic E-state index is 0.00530. The molecular formula is C20H28N2O. The van der Waals surface area contributed by atoms with Gasteiger partial charge in [-0.3, -0.25) is 0 Å². The molecule has 4 rings (SSSR count). The van der Waals surface area contributed by atoms with Gasteiger partial charge in [0.2, 0.25) is 0 Å². The van der Waals surface area contributed by atoms with Gasteiger partial charge in [-0.2, -0.15) is 0 Å². The van der Waals surface area contributed by atoms with Crippen molar-refractivity contribution < 1.29 is 4.74 Å². The van der Waals surface area contributed by atoms with Gasteiger partial charge < -0.3 is 15.8 Å². The van der Waals surface area contributed by atoms with Crippen LogP contribution < -0.4 is 15.8 Å². The number of nitrogens with one attached hydrogen (secondary N) is 1. The topological polar surface area (TPSA) is 47.3 Å². The lowest BCUT2D eigenvalue weighted by Crippen LogP contribution is -2.22. The van der Waals surface area contributed by atoms with Crippen LogP contribution in [0.15, 0.2) is 29.5 Å². The second-order valence-corrected chi connectivity index (χ2v) is 7.28. The number of ether oxygens (including phenoxy) is 1. The zero-order chi connectivity index (χ0) is 15.8. The quantitative estimate of drug-likeness (QED) is 0.881. The van der Waals surface area contributed by atoms with Crippen LogP contribution in [0, 0.1) is 0 Å². The normalized spacial score (nSPS) is 27.9. The molecule has 0 aromatic heterocycles. The van der Waals surface area contributed by atoms with E-state index in [-0.39, 0.29) is 6.04 Å². The maximum atomic E-state index is 6.62. The third-order valence-corrected chi connectivity index (χ3v) is 5.96. The Hall–Kier alpha value is -1.48. The molecule has 0 amide bonds. The van der Waals surface area contributed by atoms with Crippen molar-refractivity contribution >= 4 is 0 Å². The minimum Gasteiger partial charge on any atom is -0.489 e. The molecule has 1 saturated carbocycles. The Morgan fingerprint density at radius 3 is 2.83 bits per heavy atom. The van der Waals surface area contributed by atoms with Crippen LogP contribution in [0.1, 0.15) is 74.5 Å². The molecule has 3 aliphatic rings. The summed E-state index contributed by atoms with van der Waals surface area (Å²) in [6, 6.07) is 6.73. The van der Waals surface area contributed by atoms with E-state index in [2.05, 4.69) is 23.5 Å². The zero-order valence-electron chi connectivity index (χ0n) is 14.1. The van der Waals surface area contributed by atoms with Crippen LogP contribution >= 0.6 is 0 Å². The summed E-state index contributed by atoms with van der Waals surface area (Å²) in [4.78, 5) is 0. The first kappa shape index (κ1) is 15.1. The summed E-state index contributed by atoms with van der Waals surface area (Å²) in [5.74, 6) is 1.71. The van der Waals surface area contributed by atoms with E-state index in [1.165, 1.54) is 60.9 Å². The van der Waals surface area contributed by atoms with Crippen molar-refractivity contribution in [2.75, 3.05) is 7.05 Å². The van der Waals surface area contributed by atoms with Gasteiger partial charge in [0.15, 0.2) is 0 Å². The van der Waals surface area contributed by atoms with Crippen molar-refractivity contribution in [2.24, 2.45) is 5.73 Å². The Balaban J connectivity index is 1.62. The standard InChI is InChI=1S/C20H28N2O/c1-22-17-8-4-2-7-16(17)20(21)13-10-11-15-14-6-3-5-9-18(14)23-19(15)12-13/h10-12,14,18,20,22H,2-9,21H2,1H3. The summed E-state index contributed by atoms with van der Waals surface area (Å²) in [6.07, 6.45) is 10.3. The lowest BCUT2D eigenvalue weighted by atomic mass is 9.82. The second kappa shape index (κ2) is 6.20. The van der Waals surface area contributed by atoms with Gasteiger partial charge in [0, 0.05) is 24.2 Å². The molecule has 1 heterocycles. The fraction of sp³-hybridized carbons (Fsp3) is 0.600. The lowest BCUT2D eigenvalue weighted by Gasteiger charge is -2.25. The first-order valence-corrected chi connectivity index (χ1v) is 9.23. The third-order valence-electron chi connectivity index (χ3n) is 5.96. The van der Waals surface area contributed by atoms with Gasteiger partial charge in [-0.05, 0) is 62.1 Å². The van der Waals surface area contributed by atoms with Crippen LogP contribution in [0.25, 0.3) is 0 Å². The molecular weight excluding hydrogens is 284 g/mol. The molecule has 124 valence electrons. The monoisotopic (exact) mass is 312 g/mol. The van der Waals surface area contributed by atoms with Gasteiger partial charge >= 0.3 is 0 Å². The summed E-state index contributed by atoms with van der Waals surface area (Å²) >= 11 is 0. The molecule has 3 atom stereocenters. The van der Waals surface area contributed by atoms with Crippen LogP contribution in [0.4, 0.5) is 0 Å². The summed E-state index contributed by atoms with van der Waals surface area (Å²) in [6.45, 7) is 0. The predicted molar refractivity (Wildman–Crippen MR) is 93.5 cm³/mol. The highest BCUT2D eigenvalue weighted by atomic mass is 16.5. The Labute approximate surface area is 139 Å². The smallest absolute Gasteiger partial charge is 0.123 e. The molecule has 1 aromatic rings. The van der Waals surface area contributed by atoms with E-state index >= 15 is 0 Å². The molecule has 1 aromatic carbocycles. The van der Waals surface area contributed by atoms with E-state index in [1.54, 1.807) is 0 Å². The third kappa shape index (κ3) is 2.65. The van der Waals surface area contributed by atoms with Gasteiger partial charge in [0.1, 0.15) is 11.9 Å². The predicted octanol–water partition coefficient (Wildman–Crippen LogP) is 4.15. The lowest BCUT2D eigenvalue weighted by molar-refractivity contribution is 0.164. The molecule has 0 spiro atoms. The van der Waals surface area contributed by atoms with Crippen molar-refractivity contribution in [1.82, 2.24) is 5.32 Å². The molecule has 3 heteroatoms. The van der Waals surface area contributed by atoms with E-state index in [1.807, 2.05) is 7.05 Å². The number of rotatable bonds is 3. The van der Waals surface area contributed by atoms with Crippen molar-refractivity contribution in [3.8, 4) is 5.75 Å². The summed E-state index contributed by atoms with van der Waals surface area (Å²) in [5, 5.41) is 3.37. The van der Waals surface area contributed by atoms with Gasteiger partial charge in [-0.1, -0.05) is 18.6 Å². The van der Waals surface area contributed by atoms with Crippen molar-refractivity contribution in [1.29, 1.82) is 0 Å². The molecule has 1 fully saturated rings. The second-order valence-electron chi connectivity index (χ2n) is 7.28. The molecule has 0 radical (unpaired) electrons. The number of hydrogen-bond acceptors (Lipinski definition) is 3. The minimum atomic E-state index is -0.00530. The van der Waals surface area contributed by atoms with Crippen LogP contribution in [-0.2, 0) is 0 Å². The molecule has 3 N–H and O–H groups in total. The molecule has 0 saturated heterocycles. The Morgan fingerprint density at radius 2 is 1.96 bits per heavy atom. The first-order valence-electron chi connectivity index (χ1n) is 9.23. The Bertz CT molecular complexity index is 622. The summed E-state index contributed by atoms with van der Waals surface area (Å²) in [7, 11) is 2.02. The molecule has 3 nitrogen and oxygen atoms in total. The molecule has 2 aliphatic carbocycles. The molecule has 3 unspecified atom stereocenters. The van der Waals surface area contributed by atoms with Crippen molar-refractivity contribution in [3.63, 3.8) is 0 Å². The van der Waals surface area contributed by atoms with Crippen molar-refractivity contribution in [2.45, 2.75) is 69.4 Å². The zero-order valence-corrected chi connectivity index (χ0v) is 14.1. The first-order chi connectivity index (χ1) is 11.3. The molecule has 0 bridgehead atoms. The number of benzene rings is 1. The summed E-state index contributed by atoms with van der Waals surface area (Å²) < 4.78 is 6.25. The highest BCUT2D eigenvalue weighted by Gasteiger charge is 2.36.